The molecule has 3 aromatic rings. The van der Waals surface area contributed by atoms with Crippen molar-refractivity contribution in [2.75, 3.05) is 13.1 Å². The summed E-state index contributed by atoms with van der Waals surface area (Å²) in [5.74, 6) is 0.00786. The highest BCUT2D eigenvalue weighted by Crippen LogP contribution is 2.29. The van der Waals surface area contributed by atoms with E-state index in [1.807, 2.05) is 33.8 Å². The Bertz CT molecular complexity index is 1010. The number of nitrogens with two attached hydrogens (primary N) is 1. The smallest absolute Gasteiger partial charge is 0.254 e. The van der Waals surface area contributed by atoms with E-state index in [0.717, 1.165) is 34.3 Å². The number of aryl methyl sites for hydroxylation is 1. The molecule has 6 nitrogen and oxygen atoms in total. The highest BCUT2D eigenvalue weighted by atomic mass is 16.2. The van der Waals surface area contributed by atoms with Gasteiger partial charge in [0.05, 0.1) is 22.8 Å². The van der Waals surface area contributed by atoms with Crippen LogP contribution in [0, 0.1) is 6.92 Å². The van der Waals surface area contributed by atoms with Crippen molar-refractivity contribution in [3.63, 3.8) is 0 Å². The Kier molecular flexibility index (Phi) is 4.44. The van der Waals surface area contributed by atoms with Crippen LogP contribution in [0.3, 0.4) is 0 Å². The predicted octanol–water partition coefficient (Wildman–Crippen LogP) is 3.16. The van der Waals surface area contributed by atoms with Crippen LogP contribution in [0.5, 0.6) is 0 Å². The van der Waals surface area contributed by atoms with Gasteiger partial charge in [0.25, 0.3) is 5.91 Å². The van der Waals surface area contributed by atoms with Crippen LogP contribution < -0.4 is 5.73 Å². The third-order valence-corrected chi connectivity index (χ3v) is 5.22. The van der Waals surface area contributed by atoms with E-state index in [1.165, 1.54) is 0 Å². The van der Waals surface area contributed by atoms with Crippen molar-refractivity contribution in [1.29, 1.82) is 0 Å². The molecule has 140 valence electrons. The molecule has 1 aromatic carbocycles. The lowest BCUT2D eigenvalue weighted by atomic mass is 10.0. The number of carbonyl (C=O) groups is 1. The van der Waals surface area contributed by atoms with E-state index in [2.05, 4.69) is 31.9 Å². The van der Waals surface area contributed by atoms with Gasteiger partial charge in [-0.3, -0.25) is 4.79 Å². The van der Waals surface area contributed by atoms with Crippen molar-refractivity contribution in [2.24, 2.45) is 5.73 Å². The third kappa shape index (κ3) is 3.10. The van der Waals surface area contributed by atoms with Crippen LogP contribution in [0.2, 0.25) is 0 Å². The largest absolute Gasteiger partial charge is 0.337 e. The summed E-state index contributed by atoms with van der Waals surface area (Å²) >= 11 is 0. The molecule has 0 unspecified atom stereocenters. The molecule has 1 fully saturated rings. The number of hydrogen-bond donors (Lipinski definition) is 1. The van der Waals surface area contributed by atoms with Gasteiger partial charge < -0.3 is 10.6 Å². The molecule has 1 atom stereocenters. The van der Waals surface area contributed by atoms with Crippen LogP contribution in [-0.2, 0) is 0 Å². The molecular formula is C21H25N5O. The third-order valence-electron chi connectivity index (χ3n) is 5.22. The lowest BCUT2D eigenvalue weighted by Gasteiger charge is -2.17. The van der Waals surface area contributed by atoms with Gasteiger partial charge in [-0.1, -0.05) is 24.3 Å². The van der Waals surface area contributed by atoms with Gasteiger partial charge in [-0.15, -0.1) is 0 Å². The number of hydrogen-bond acceptors (Lipinski definition) is 4. The molecular weight excluding hydrogens is 338 g/mol. The monoisotopic (exact) mass is 363 g/mol. The normalized spacial score (nSPS) is 17.2. The zero-order valence-electron chi connectivity index (χ0n) is 16.0. The molecule has 1 saturated heterocycles. The van der Waals surface area contributed by atoms with Gasteiger partial charge in [-0.2, -0.15) is 5.10 Å². The SMILES string of the molecule is Cc1ccccc1-c1cc(C(=O)N2CC[C@@H](N)C2)c2cnn(C(C)C)c2n1. The Morgan fingerprint density at radius 3 is 2.74 bits per heavy atom. The number of carbonyl (C=O) groups excluding carboxylic acids is 1. The van der Waals surface area contributed by atoms with Crippen molar-refractivity contribution >= 4 is 16.9 Å². The molecule has 1 amide bonds. The van der Waals surface area contributed by atoms with Crippen molar-refractivity contribution in [2.45, 2.75) is 39.3 Å². The summed E-state index contributed by atoms with van der Waals surface area (Å²) in [6.45, 7) is 7.48. The van der Waals surface area contributed by atoms with Gasteiger partial charge in [0, 0.05) is 30.7 Å². The number of amides is 1. The van der Waals surface area contributed by atoms with E-state index in [4.69, 9.17) is 10.7 Å². The van der Waals surface area contributed by atoms with E-state index >= 15 is 0 Å². The first-order valence-corrected chi connectivity index (χ1v) is 9.45. The maximum absolute atomic E-state index is 13.3. The number of likely N-dealkylation sites (tertiary alicyclic amines) is 1. The maximum Gasteiger partial charge on any atom is 0.254 e. The number of benzene rings is 1. The lowest BCUT2D eigenvalue weighted by Crippen LogP contribution is -2.32. The van der Waals surface area contributed by atoms with Gasteiger partial charge in [0.2, 0.25) is 0 Å². The van der Waals surface area contributed by atoms with Crippen LogP contribution in [0.4, 0.5) is 0 Å². The molecule has 0 saturated carbocycles. The molecule has 0 aliphatic carbocycles. The molecule has 2 N–H and O–H groups in total. The predicted molar refractivity (Wildman–Crippen MR) is 107 cm³/mol. The highest BCUT2D eigenvalue weighted by Gasteiger charge is 2.27. The second-order valence-corrected chi connectivity index (χ2v) is 7.59. The fourth-order valence-corrected chi connectivity index (χ4v) is 3.71. The summed E-state index contributed by atoms with van der Waals surface area (Å²) in [7, 11) is 0. The van der Waals surface area contributed by atoms with Gasteiger partial charge >= 0.3 is 0 Å². The minimum Gasteiger partial charge on any atom is -0.337 e. The zero-order chi connectivity index (χ0) is 19.1. The van der Waals surface area contributed by atoms with E-state index in [0.29, 0.717) is 18.7 Å². The van der Waals surface area contributed by atoms with Crippen molar-refractivity contribution in [1.82, 2.24) is 19.7 Å². The molecule has 27 heavy (non-hydrogen) atoms. The minimum absolute atomic E-state index is 0.00786. The fraction of sp³-hybridized carbons (Fsp3) is 0.381. The number of pyridine rings is 1. The number of nitrogens with zero attached hydrogens (tertiary/aromatic N) is 4. The summed E-state index contributed by atoms with van der Waals surface area (Å²) in [4.78, 5) is 20.0. The van der Waals surface area contributed by atoms with Gasteiger partial charge in [-0.05, 0) is 38.8 Å². The van der Waals surface area contributed by atoms with Crippen molar-refractivity contribution in [3.8, 4) is 11.3 Å². The van der Waals surface area contributed by atoms with E-state index < -0.39 is 0 Å². The van der Waals surface area contributed by atoms with Gasteiger partial charge in [-0.25, -0.2) is 9.67 Å². The summed E-state index contributed by atoms with van der Waals surface area (Å²) in [5, 5.41) is 5.29. The zero-order valence-corrected chi connectivity index (χ0v) is 16.0. The Morgan fingerprint density at radius 1 is 1.30 bits per heavy atom. The van der Waals surface area contributed by atoms with E-state index in [9.17, 15) is 4.79 Å². The first-order chi connectivity index (χ1) is 13.0. The van der Waals surface area contributed by atoms with Crippen LogP contribution >= 0.6 is 0 Å². The topological polar surface area (TPSA) is 77.0 Å². The van der Waals surface area contributed by atoms with E-state index in [1.54, 1.807) is 6.20 Å². The maximum atomic E-state index is 13.3. The van der Waals surface area contributed by atoms with Crippen LogP contribution in [-0.4, -0.2) is 44.7 Å². The molecule has 0 radical (unpaired) electrons. The Morgan fingerprint density at radius 2 is 2.07 bits per heavy atom. The Labute approximate surface area is 159 Å². The second-order valence-electron chi connectivity index (χ2n) is 7.59. The standard InChI is InChI=1S/C21H25N5O/c1-13(2)26-20-18(11-23-26)17(21(27)25-9-8-15(22)12-25)10-19(24-20)16-7-5-4-6-14(16)3/h4-7,10-11,13,15H,8-9,12,22H2,1-3H3/t15-/m1/s1. The molecule has 1 aliphatic heterocycles. The Hall–Kier alpha value is -2.73. The first kappa shape index (κ1) is 17.7. The number of rotatable bonds is 3. The molecule has 2 aromatic heterocycles. The summed E-state index contributed by atoms with van der Waals surface area (Å²) < 4.78 is 1.88. The molecule has 6 heteroatoms. The number of aromatic nitrogens is 3. The van der Waals surface area contributed by atoms with Crippen molar-refractivity contribution in [3.05, 3.63) is 47.7 Å². The number of fused-ring (bicyclic) bond motifs is 1. The molecule has 1 aliphatic rings. The summed E-state index contributed by atoms with van der Waals surface area (Å²) in [6.07, 6.45) is 2.60. The molecule has 0 bridgehead atoms. The van der Waals surface area contributed by atoms with Crippen molar-refractivity contribution < 1.29 is 4.79 Å². The average Bonchev–Trinajstić information content (AvgIpc) is 3.27. The van der Waals surface area contributed by atoms with Crippen LogP contribution in [0.15, 0.2) is 36.5 Å². The summed E-state index contributed by atoms with van der Waals surface area (Å²) in [5.41, 5.74) is 10.4. The van der Waals surface area contributed by atoms with Gasteiger partial charge in [0.15, 0.2) is 5.65 Å². The molecule has 0 spiro atoms. The van der Waals surface area contributed by atoms with Crippen LogP contribution in [0.1, 0.15) is 42.2 Å². The lowest BCUT2D eigenvalue weighted by molar-refractivity contribution is 0.0793. The van der Waals surface area contributed by atoms with Gasteiger partial charge in [0.1, 0.15) is 0 Å². The molecule has 4 rings (SSSR count). The Balaban J connectivity index is 1.91. The second kappa shape index (κ2) is 6.78. The quantitative estimate of drug-likeness (QED) is 0.775. The summed E-state index contributed by atoms with van der Waals surface area (Å²) in [6, 6.07) is 10.2. The van der Waals surface area contributed by atoms with E-state index in [-0.39, 0.29) is 18.0 Å². The average molecular weight is 363 g/mol. The highest BCUT2D eigenvalue weighted by molar-refractivity contribution is 6.06. The minimum atomic E-state index is 0.00786. The first-order valence-electron chi connectivity index (χ1n) is 9.45. The molecule has 3 heterocycles. The fourth-order valence-electron chi connectivity index (χ4n) is 3.71. The van der Waals surface area contributed by atoms with Crippen LogP contribution in [0.25, 0.3) is 22.3 Å².